The first-order valence-electron chi connectivity index (χ1n) is 19.2. The van der Waals surface area contributed by atoms with E-state index < -0.39 is 31.8 Å². The van der Waals surface area contributed by atoms with Crippen LogP contribution in [-0.2, 0) is 19.5 Å². The van der Waals surface area contributed by atoms with Gasteiger partial charge in [-0.2, -0.15) is 0 Å². The lowest BCUT2D eigenvalue weighted by atomic mass is 9.77. The molecule has 0 saturated carbocycles. The van der Waals surface area contributed by atoms with Crippen molar-refractivity contribution < 1.29 is 23.6 Å². The number of esters is 1. The van der Waals surface area contributed by atoms with Crippen LogP contribution in [0.1, 0.15) is 67.1 Å². The van der Waals surface area contributed by atoms with E-state index in [1.54, 1.807) is 0 Å². The molecule has 56 heavy (non-hydrogen) atoms. The highest BCUT2D eigenvalue weighted by Crippen LogP contribution is 2.42. The van der Waals surface area contributed by atoms with Crippen LogP contribution in [0, 0.1) is 21.4 Å². The highest BCUT2D eigenvalue weighted by Gasteiger charge is 2.39. The Balaban J connectivity index is 1.27. The highest BCUT2D eigenvalue weighted by molar-refractivity contribution is 6.80. The van der Waals surface area contributed by atoms with Gasteiger partial charge in [-0.05, 0) is 63.4 Å². The smallest absolute Gasteiger partial charge is 0.340 e. The van der Waals surface area contributed by atoms with E-state index in [1.807, 2.05) is 54.6 Å². The van der Waals surface area contributed by atoms with Gasteiger partial charge in [-0.1, -0.05) is 172 Å². The molecule has 0 saturated heterocycles. The molecule has 286 valence electrons. The molecule has 0 radical (unpaired) electrons. The lowest BCUT2D eigenvalue weighted by Crippen LogP contribution is -2.48. The minimum Gasteiger partial charge on any atom is -0.433 e. The van der Waals surface area contributed by atoms with Crippen LogP contribution < -0.4 is 10.4 Å². The molecular weight excluding hydrogens is 715 g/mol. The lowest BCUT2D eigenvalue weighted by Gasteiger charge is -2.39. The lowest BCUT2D eigenvalue weighted by molar-refractivity contribution is -0.384. The maximum atomic E-state index is 13.6. The molecule has 0 amide bonds. The van der Waals surface area contributed by atoms with Gasteiger partial charge >= 0.3 is 5.97 Å². The largest absolute Gasteiger partial charge is 0.433 e. The Morgan fingerprint density at radius 3 is 1.46 bits per heavy atom. The summed E-state index contributed by atoms with van der Waals surface area (Å²) in [7, 11) is -2.32. The van der Waals surface area contributed by atoms with Gasteiger partial charge in [-0.25, -0.2) is 4.79 Å². The van der Waals surface area contributed by atoms with Gasteiger partial charge in [-0.15, -0.1) is 0 Å². The van der Waals surface area contributed by atoms with Crippen LogP contribution in [0.4, 0.5) is 5.69 Å². The van der Waals surface area contributed by atoms with E-state index in [1.165, 1.54) is 24.3 Å². The summed E-state index contributed by atoms with van der Waals surface area (Å²) >= 11 is 0. The molecule has 6 rings (SSSR count). The third kappa shape index (κ3) is 9.95. The van der Waals surface area contributed by atoms with E-state index in [-0.39, 0.29) is 22.6 Å². The number of ether oxygens (including phenoxy) is 2. The maximum absolute atomic E-state index is 13.6. The molecule has 0 aliphatic carbocycles. The number of benzene rings is 6. The van der Waals surface area contributed by atoms with Crippen LogP contribution in [0.15, 0.2) is 176 Å². The monoisotopic (exact) mass is 763 g/mol. The van der Waals surface area contributed by atoms with Gasteiger partial charge in [0, 0.05) is 18.6 Å². The zero-order valence-electron chi connectivity index (χ0n) is 32.2. The normalized spacial score (nSPS) is 12.9. The molecule has 0 spiro atoms. The maximum Gasteiger partial charge on any atom is 0.340 e. The number of carbonyl (C=O) groups excluding carboxylic acids is 1. The van der Waals surface area contributed by atoms with Crippen molar-refractivity contribution in [2.75, 3.05) is 6.61 Å². The van der Waals surface area contributed by atoms with Gasteiger partial charge in [0.05, 0.1) is 17.1 Å². The van der Waals surface area contributed by atoms with Crippen LogP contribution in [0.25, 0.3) is 0 Å². The zero-order chi connectivity index (χ0) is 39.4. The number of rotatable bonds is 17. The second-order valence-electron chi connectivity index (χ2n) is 15.1. The summed E-state index contributed by atoms with van der Waals surface area (Å²) in [5.74, 6) is -0.465. The summed E-state index contributed by atoms with van der Waals surface area (Å²) in [6, 6.07) is 56.8. The van der Waals surface area contributed by atoms with Gasteiger partial charge in [0.25, 0.3) is 5.69 Å². The molecule has 1 unspecified atom stereocenters. The molecule has 8 heteroatoms. The third-order valence-electron chi connectivity index (χ3n) is 10.3. The Morgan fingerprint density at radius 2 is 1.05 bits per heavy atom. The number of nitro benzene ring substituents is 1. The van der Waals surface area contributed by atoms with Crippen LogP contribution in [0.3, 0.4) is 0 Å². The molecule has 6 aromatic rings. The van der Waals surface area contributed by atoms with Gasteiger partial charge in [0.15, 0.2) is 6.29 Å². The number of hydrogen-bond acceptors (Lipinski definition) is 6. The van der Waals surface area contributed by atoms with E-state index >= 15 is 0 Å². The molecule has 0 bridgehead atoms. The van der Waals surface area contributed by atoms with E-state index in [4.69, 9.17) is 13.9 Å². The molecule has 0 aliphatic heterocycles. The number of non-ortho nitro benzene ring substituents is 1. The van der Waals surface area contributed by atoms with Crippen LogP contribution in [0.5, 0.6) is 0 Å². The van der Waals surface area contributed by atoms with Crippen molar-refractivity contribution >= 4 is 31.1 Å². The predicted octanol–water partition coefficient (Wildman–Crippen LogP) is 9.47. The standard InChI is InChI=1S/C48H49NO6Si/c1-47(2,3)41(36-53-48(38-20-9-4-10-21-38,39-22-11-5-12-23-39)40-24-13-6-14-25-40)26-19-31-45(54-46(50)37-32-34-42(35-33-37)49(51)52)55-56(43-27-15-7-16-28-43)44-29-17-8-18-30-44/h4-18,20-25,27-30,32-35,41,45,56H,19,26,31,36H2,1-3H3/t41-,45?/m1/s1. The fourth-order valence-electron chi connectivity index (χ4n) is 7.11. The molecule has 7 nitrogen and oxygen atoms in total. The Bertz CT molecular complexity index is 1970. The summed E-state index contributed by atoms with van der Waals surface area (Å²) in [6.07, 6.45) is 1.09. The number of carbonyl (C=O) groups is 1. The fourth-order valence-corrected chi connectivity index (χ4v) is 9.45. The number of nitro groups is 1. The number of hydrogen-bond donors (Lipinski definition) is 0. The molecule has 0 fully saturated rings. The average Bonchev–Trinajstić information content (AvgIpc) is 3.23. The van der Waals surface area contributed by atoms with Crippen LogP contribution in [-0.4, -0.2) is 32.8 Å². The first-order chi connectivity index (χ1) is 27.1. The van der Waals surface area contributed by atoms with Crippen molar-refractivity contribution in [3.05, 3.63) is 208 Å². The minimum atomic E-state index is -2.32. The summed E-state index contributed by atoms with van der Waals surface area (Å²) in [6.45, 7) is 7.20. The molecule has 0 aromatic heterocycles. The van der Waals surface area contributed by atoms with E-state index in [2.05, 4.69) is 118 Å². The average molecular weight is 764 g/mol. The summed E-state index contributed by atoms with van der Waals surface area (Å²) < 4.78 is 20.3. The first kappa shape index (κ1) is 40.0. The van der Waals surface area contributed by atoms with Gasteiger partial charge in [0.2, 0.25) is 9.04 Å². The van der Waals surface area contributed by atoms with Gasteiger partial charge in [0.1, 0.15) is 5.60 Å². The van der Waals surface area contributed by atoms with Gasteiger partial charge in [-0.3, -0.25) is 10.1 Å². The molecule has 2 atom stereocenters. The van der Waals surface area contributed by atoms with Crippen molar-refractivity contribution in [3.8, 4) is 0 Å². The SMILES string of the molecule is CC(C)(C)[C@H](CCCC(OC(=O)c1ccc([N+](=O)[O-])cc1)O[SiH](c1ccccc1)c1ccccc1)COC(c1ccccc1)(c1ccccc1)c1ccccc1. The second-order valence-corrected chi connectivity index (χ2v) is 17.4. The molecule has 6 aromatic carbocycles. The Labute approximate surface area is 331 Å². The predicted molar refractivity (Wildman–Crippen MR) is 225 cm³/mol. The second kappa shape index (κ2) is 18.8. The molecular formula is C48H49NO6Si. The van der Waals surface area contributed by atoms with E-state index in [0.717, 1.165) is 33.5 Å². The summed E-state index contributed by atoms with van der Waals surface area (Å²) in [4.78, 5) is 24.4. The summed E-state index contributed by atoms with van der Waals surface area (Å²) in [5, 5.41) is 13.4. The quantitative estimate of drug-likeness (QED) is 0.0230. The van der Waals surface area contributed by atoms with Crippen LogP contribution >= 0.6 is 0 Å². The fraction of sp³-hybridized carbons (Fsp3) is 0.229. The topological polar surface area (TPSA) is 87.9 Å². The van der Waals surface area contributed by atoms with E-state index in [9.17, 15) is 14.9 Å². The van der Waals surface area contributed by atoms with E-state index in [0.29, 0.717) is 19.4 Å². The Morgan fingerprint density at radius 1 is 0.625 bits per heavy atom. The first-order valence-corrected chi connectivity index (χ1v) is 20.8. The minimum absolute atomic E-state index is 0.0961. The highest BCUT2D eigenvalue weighted by atomic mass is 28.3. The molecule has 0 heterocycles. The third-order valence-corrected chi connectivity index (χ3v) is 12.9. The van der Waals surface area contributed by atoms with Crippen molar-refractivity contribution in [3.63, 3.8) is 0 Å². The zero-order valence-corrected chi connectivity index (χ0v) is 33.4. The number of nitrogens with zero attached hydrogens (tertiary/aromatic N) is 1. The Hall–Kier alpha value is -5.67. The van der Waals surface area contributed by atoms with Crippen molar-refractivity contribution in [1.29, 1.82) is 0 Å². The molecule has 0 N–H and O–H groups in total. The molecule has 0 aliphatic rings. The van der Waals surface area contributed by atoms with Gasteiger partial charge < -0.3 is 13.9 Å². The van der Waals surface area contributed by atoms with Crippen molar-refractivity contribution in [2.24, 2.45) is 11.3 Å². The Kier molecular flexibility index (Phi) is 13.4. The summed E-state index contributed by atoms with van der Waals surface area (Å²) in [5.41, 5.74) is 2.32. The van der Waals surface area contributed by atoms with Crippen molar-refractivity contribution in [2.45, 2.75) is 51.9 Å². The van der Waals surface area contributed by atoms with Crippen molar-refractivity contribution in [1.82, 2.24) is 0 Å². The van der Waals surface area contributed by atoms with Crippen LogP contribution in [0.2, 0.25) is 0 Å².